The van der Waals surface area contributed by atoms with Crippen molar-refractivity contribution in [1.82, 2.24) is 0 Å². The molecule has 0 aromatic rings. The quantitative estimate of drug-likeness (QED) is 0.511. The molecule has 1 heteroatoms. The van der Waals surface area contributed by atoms with Gasteiger partial charge < -0.3 is 4.74 Å². The number of hydrogen-bond acceptors (Lipinski definition) is 1. The summed E-state index contributed by atoms with van der Waals surface area (Å²) in [7, 11) is 0. The van der Waals surface area contributed by atoms with E-state index in [1.807, 2.05) is 0 Å². The van der Waals surface area contributed by atoms with Crippen LogP contribution in [0.3, 0.4) is 0 Å². The van der Waals surface area contributed by atoms with Crippen LogP contribution >= 0.6 is 0 Å². The van der Waals surface area contributed by atoms with E-state index in [1.54, 1.807) is 0 Å². The highest BCUT2D eigenvalue weighted by Crippen LogP contribution is 2.28. The van der Waals surface area contributed by atoms with Crippen molar-refractivity contribution in [2.45, 2.75) is 45.3 Å². The Kier molecular flexibility index (Phi) is 1.90. The highest BCUT2D eigenvalue weighted by atomic mass is 16.6. The van der Waals surface area contributed by atoms with Crippen molar-refractivity contribution in [2.24, 2.45) is 0 Å². The Labute approximate surface area is 51.0 Å². The van der Waals surface area contributed by atoms with Gasteiger partial charge in [-0.25, -0.2) is 0 Å². The summed E-state index contributed by atoms with van der Waals surface area (Å²) >= 11 is 0. The van der Waals surface area contributed by atoms with Crippen molar-refractivity contribution in [3.05, 3.63) is 0 Å². The zero-order valence-electron chi connectivity index (χ0n) is 5.68. The van der Waals surface area contributed by atoms with E-state index < -0.39 is 0 Å². The average molecular weight is 114 g/mol. The second-order valence-corrected chi connectivity index (χ2v) is 2.41. The highest BCUT2D eigenvalue weighted by Gasteiger charge is 2.35. The van der Waals surface area contributed by atoms with Crippen molar-refractivity contribution in [3.63, 3.8) is 0 Å². The Morgan fingerprint density at radius 2 is 2.00 bits per heavy atom. The van der Waals surface area contributed by atoms with E-state index in [0.29, 0.717) is 12.2 Å². The van der Waals surface area contributed by atoms with Crippen molar-refractivity contribution in [2.75, 3.05) is 0 Å². The molecule has 1 nitrogen and oxygen atoms in total. The van der Waals surface area contributed by atoms with Crippen molar-refractivity contribution in [1.29, 1.82) is 0 Å². The van der Waals surface area contributed by atoms with Gasteiger partial charge in [0.1, 0.15) is 0 Å². The summed E-state index contributed by atoms with van der Waals surface area (Å²) in [6.45, 7) is 4.38. The van der Waals surface area contributed by atoms with Crippen LogP contribution in [0.15, 0.2) is 0 Å². The SMILES string of the molecule is CCC[C@H]1O[C@H]1CC. The second-order valence-electron chi connectivity index (χ2n) is 2.41. The normalized spacial score (nSPS) is 35.2. The van der Waals surface area contributed by atoms with Crippen LogP contribution < -0.4 is 0 Å². The molecular formula is C7H14O. The summed E-state index contributed by atoms with van der Waals surface area (Å²) in [6, 6.07) is 0. The third-order valence-electron chi connectivity index (χ3n) is 1.66. The molecule has 8 heavy (non-hydrogen) atoms. The van der Waals surface area contributed by atoms with Gasteiger partial charge in [-0.15, -0.1) is 0 Å². The molecule has 0 aliphatic carbocycles. The first-order chi connectivity index (χ1) is 3.88. The topological polar surface area (TPSA) is 12.5 Å². The fraction of sp³-hybridized carbons (Fsp3) is 1.00. The smallest absolute Gasteiger partial charge is 0.0841 e. The monoisotopic (exact) mass is 114 g/mol. The Morgan fingerprint density at radius 1 is 1.25 bits per heavy atom. The molecule has 2 atom stereocenters. The molecular weight excluding hydrogens is 100 g/mol. The lowest BCUT2D eigenvalue weighted by Gasteiger charge is -1.84. The van der Waals surface area contributed by atoms with Crippen LogP contribution in [0.4, 0.5) is 0 Å². The third kappa shape index (κ3) is 1.22. The Morgan fingerprint density at radius 3 is 2.38 bits per heavy atom. The van der Waals surface area contributed by atoms with Gasteiger partial charge in [-0.2, -0.15) is 0 Å². The first-order valence-electron chi connectivity index (χ1n) is 3.54. The summed E-state index contributed by atoms with van der Waals surface area (Å²) in [5.41, 5.74) is 0. The van der Waals surface area contributed by atoms with Crippen LogP contribution in [0.1, 0.15) is 33.1 Å². The van der Waals surface area contributed by atoms with Gasteiger partial charge in [0.15, 0.2) is 0 Å². The van der Waals surface area contributed by atoms with Crippen LogP contribution in [-0.2, 0) is 4.74 Å². The lowest BCUT2D eigenvalue weighted by atomic mass is 10.2. The van der Waals surface area contributed by atoms with E-state index in [1.165, 1.54) is 19.3 Å². The van der Waals surface area contributed by atoms with E-state index in [0.717, 1.165) is 0 Å². The number of epoxide rings is 1. The molecule has 0 amide bonds. The van der Waals surface area contributed by atoms with Gasteiger partial charge in [0, 0.05) is 0 Å². The van der Waals surface area contributed by atoms with Crippen molar-refractivity contribution in [3.8, 4) is 0 Å². The Bertz CT molecular complexity index is 70.8. The lowest BCUT2D eigenvalue weighted by molar-refractivity contribution is 0.359. The number of rotatable bonds is 3. The first-order valence-corrected chi connectivity index (χ1v) is 3.54. The molecule has 0 saturated carbocycles. The van der Waals surface area contributed by atoms with Crippen LogP contribution in [0.25, 0.3) is 0 Å². The molecule has 0 bridgehead atoms. The predicted octanol–water partition coefficient (Wildman–Crippen LogP) is 1.96. The van der Waals surface area contributed by atoms with Crippen molar-refractivity contribution >= 4 is 0 Å². The maximum atomic E-state index is 5.31. The summed E-state index contributed by atoms with van der Waals surface area (Å²) in [4.78, 5) is 0. The average Bonchev–Trinajstić information content (AvgIpc) is 2.48. The van der Waals surface area contributed by atoms with Crippen LogP contribution in [0.5, 0.6) is 0 Å². The molecule has 1 rings (SSSR count). The molecule has 1 aliphatic heterocycles. The fourth-order valence-corrected chi connectivity index (χ4v) is 1.08. The highest BCUT2D eigenvalue weighted by molar-refractivity contribution is 4.82. The molecule has 1 fully saturated rings. The first kappa shape index (κ1) is 6.09. The molecule has 0 spiro atoms. The standard InChI is InChI=1S/C7H14O/c1-3-5-7-6(4-2)8-7/h6-7H,3-5H2,1-2H3/t6-,7+/m0/s1. The third-order valence-corrected chi connectivity index (χ3v) is 1.66. The maximum absolute atomic E-state index is 5.31. The minimum Gasteiger partial charge on any atom is -0.370 e. The van der Waals surface area contributed by atoms with Gasteiger partial charge in [0.05, 0.1) is 12.2 Å². The summed E-state index contributed by atoms with van der Waals surface area (Å²) in [5.74, 6) is 0. The zero-order chi connectivity index (χ0) is 5.98. The summed E-state index contributed by atoms with van der Waals surface area (Å²) < 4.78 is 5.31. The summed E-state index contributed by atoms with van der Waals surface area (Å²) in [6.07, 6.45) is 4.98. The van der Waals surface area contributed by atoms with Crippen LogP contribution in [-0.4, -0.2) is 12.2 Å². The summed E-state index contributed by atoms with van der Waals surface area (Å²) in [5, 5.41) is 0. The predicted molar refractivity (Wildman–Crippen MR) is 33.9 cm³/mol. The van der Waals surface area contributed by atoms with E-state index >= 15 is 0 Å². The molecule has 0 radical (unpaired) electrons. The minimum absolute atomic E-state index is 0.620. The minimum atomic E-state index is 0.620. The van der Waals surface area contributed by atoms with E-state index in [-0.39, 0.29) is 0 Å². The van der Waals surface area contributed by atoms with Gasteiger partial charge in [0.25, 0.3) is 0 Å². The molecule has 0 aromatic heterocycles. The fourth-order valence-electron chi connectivity index (χ4n) is 1.08. The van der Waals surface area contributed by atoms with Gasteiger partial charge in [-0.1, -0.05) is 20.3 Å². The van der Waals surface area contributed by atoms with E-state index in [4.69, 9.17) is 4.74 Å². The Hall–Kier alpha value is -0.0400. The van der Waals surface area contributed by atoms with E-state index in [2.05, 4.69) is 13.8 Å². The molecule has 1 saturated heterocycles. The van der Waals surface area contributed by atoms with Gasteiger partial charge >= 0.3 is 0 Å². The Balaban J connectivity index is 1.99. The zero-order valence-corrected chi connectivity index (χ0v) is 5.68. The molecule has 0 aromatic carbocycles. The molecule has 0 N–H and O–H groups in total. The maximum Gasteiger partial charge on any atom is 0.0841 e. The van der Waals surface area contributed by atoms with Crippen molar-refractivity contribution < 1.29 is 4.74 Å². The van der Waals surface area contributed by atoms with Crippen LogP contribution in [0, 0.1) is 0 Å². The number of ether oxygens (including phenoxy) is 1. The van der Waals surface area contributed by atoms with Gasteiger partial charge in [-0.3, -0.25) is 0 Å². The van der Waals surface area contributed by atoms with Gasteiger partial charge in [0.2, 0.25) is 0 Å². The lowest BCUT2D eigenvalue weighted by Crippen LogP contribution is -1.89. The largest absolute Gasteiger partial charge is 0.370 e. The van der Waals surface area contributed by atoms with Gasteiger partial charge in [-0.05, 0) is 12.8 Å². The van der Waals surface area contributed by atoms with Crippen LogP contribution in [0.2, 0.25) is 0 Å². The number of hydrogen-bond donors (Lipinski definition) is 0. The molecule has 1 aliphatic rings. The molecule has 0 unspecified atom stereocenters. The molecule has 1 heterocycles. The van der Waals surface area contributed by atoms with E-state index in [9.17, 15) is 0 Å². The molecule has 48 valence electrons. The second kappa shape index (κ2) is 2.49.